The number of benzene rings is 1. The van der Waals surface area contributed by atoms with Gasteiger partial charge in [0.1, 0.15) is 0 Å². The molecular formula is C9H7BrN2. The third-order valence-corrected chi connectivity index (χ3v) is 2.10. The van der Waals surface area contributed by atoms with Crippen LogP contribution in [0.15, 0.2) is 28.7 Å². The van der Waals surface area contributed by atoms with E-state index in [1.54, 1.807) is 12.1 Å². The van der Waals surface area contributed by atoms with Gasteiger partial charge in [-0.1, -0.05) is 22.0 Å². The van der Waals surface area contributed by atoms with Gasteiger partial charge in [0.25, 0.3) is 0 Å². The van der Waals surface area contributed by atoms with Gasteiger partial charge in [-0.2, -0.15) is 5.26 Å². The Labute approximate surface area is 79.4 Å². The quantitative estimate of drug-likeness (QED) is 0.587. The Hall–Kier alpha value is -1.27. The number of nitrogen functional groups attached to an aromatic ring is 1. The van der Waals surface area contributed by atoms with Crippen molar-refractivity contribution < 1.29 is 0 Å². The lowest BCUT2D eigenvalue weighted by molar-refractivity contribution is 1.53. The molecule has 0 saturated carbocycles. The molecule has 12 heavy (non-hydrogen) atoms. The first-order chi connectivity index (χ1) is 5.75. The molecule has 0 saturated heterocycles. The van der Waals surface area contributed by atoms with Crippen LogP contribution in [0.1, 0.15) is 5.56 Å². The van der Waals surface area contributed by atoms with Gasteiger partial charge in [-0.05, 0) is 18.2 Å². The number of anilines is 1. The van der Waals surface area contributed by atoms with Gasteiger partial charge in [0.2, 0.25) is 0 Å². The minimum Gasteiger partial charge on any atom is -0.398 e. The van der Waals surface area contributed by atoms with Crippen molar-refractivity contribution in [3.05, 3.63) is 34.3 Å². The molecule has 0 radical (unpaired) electrons. The van der Waals surface area contributed by atoms with Crippen LogP contribution in [0.3, 0.4) is 0 Å². The molecule has 0 heterocycles. The summed E-state index contributed by atoms with van der Waals surface area (Å²) in [4.78, 5) is 0. The molecule has 0 spiro atoms. The van der Waals surface area contributed by atoms with Gasteiger partial charge in [-0.25, -0.2) is 0 Å². The van der Waals surface area contributed by atoms with Gasteiger partial charge < -0.3 is 5.73 Å². The summed E-state index contributed by atoms with van der Waals surface area (Å²) >= 11 is 3.34. The average molecular weight is 223 g/mol. The summed E-state index contributed by atoms with van der Waals surface area (Å²) < 4.78 is 0.897. The largest absolute Gasteiger partial charge is 0.398 e. The molecule has 0 unspecified atom stereocenters. The van der Waals surface area contributed by atoms with E-state index in [0.29, 0.717) is 5.69 Å². The second-order valence-corrected chi connectivity index (χ2v) is 3.06. The lowest BCUT2D eigenvalue weighted by Crippen LogP contribution is -1.88. The first-order valence-corrected chi connectivity index (χ1v) is 4.15. The zero-order valence-electron chi connectivity index (χ0n) is 6.29. The van der Waals surface area contributed by atoms with Crippen molar-refractivity contribution in [1.29, 1.82) is 5.26 Å². The highest BCUT2D eigenvalue weighted by molar-refractivity contribution is 9.10. The van der Waals surface area contributed by atoms with Crippen LogP contribution in [0.25, 0.3) is 6.08 Å². The molecule has 1 rings (SSSR count). The fourth-order valence-corrected chi connectivity index (χ4v) is 1.36. The summed E-state index contributed by atoms with van der Waals surface area (Å²) in [6, 6.07) is 7.44. The highest BCUT2D eigenvalue weighted by Crippen LogP contribution is 2.23. The van der Waals surface area contributed by atoms with Crippen LogP contribution in [0.4, 0.5) is 5.69 Å². The minimum absolute atomic E-state index is 0.663. The predicted molar refractivity (Wildman–Crippen MR) is 53.2 cm³/mol. The summed E-state index contributed by atoms with van der Waals surface area (Å²) in [7, 11) is 0. The van der Waals surface area contributed by atoms with E-state index in [1.807, 2.05) is 18.2 Å². The van der Waals surface area contributed by atoms with E-state index in [1.165, 1.54) is 6.08 Å². The number of hydrogen-bond donors (Lipinski definition) is 1. The van der Waals surface area contributed by atoms with Crippen molar-refractivity contribution in [2.75, 3.05) is 5.73 Å². The first kappa shape index (κ1) is 8.82. The van der Waals surface area contributed by atoms with Crippen molar-refractivity contribution in [1.82, 2.24) is 0 Å². The van der Waals surface area contributed by atoms with E-state index in [-0.39, 0.29) is 0 Å². The Morgan fingerprint density at radius 1 is 1.50 bits per heavy atom. The summed E-state index contributed by atoms with van der Waals surface area (Å²) in [5, 5.41) is 8.32. The van der Waals surface area contributed by atoms with Crippen LogP contribution in [-0.2, 0) is 0 Å². The topological polar surface area (TPSA) is 49.8 Å². The molecule has 3 heteroatoms. The minimum atomic E-state index is 0.663. The van der Waals surface area contributed by atoms with Crippen molar-refractivity contribution in [2.24, 2.45) is 0 Å². The van der Waals surface area contributed by atoms with E-state index in [2.05, 4.69) is 15.9 Å². The molecule has 0 aliphatic carbocycles. The fraction of sp³-hybridized carbons (Fsp3) is 0. The van der Waals surface area contributed by atoms with E-state index in [0.717, 1.165) is 10.0 Å². The standard InChI is InChI=1S/C9H7BrN2/c10-8-4-1-5-9(12)7(8)3-2-6-11/h1-5H,12H2/b3-2+. The number of allylic oxidation sites excluding steroid dienone is 1. The highest BCUT2D eigenvalue weighted by Gasteiger charge is 1.98. The molecule has 0 aliphatic rings. The lowest BCUT2D eigenvalue weighted by atomic mass is 10.2. The van der Waals surface area contributed by atoms with E-state index < -0.39 is 0 Å². The third-order valence-electron chi connectivity index (χ3n) is 1.41. The molecule has 1 aromatic rings. The van der Waals surface area contributed by atoms with Crippen molar-refractivity contribution in [3.8, 4) is 6.07 Å². The van der Waals surface area contributed by atoms with Gasteiger partial charge in [0, 0.05) is 21.8 Å². The van der Waals surface area contributed by atoms with E-state index in [9.17, 15) is 0 Å². The zero-order chi connectivity index (χ0) is 8.97. The molecule has 0 amide bonds. The number of rotatable bonds is 1. The van der Waals surface area contributed by atoms with Crippen LogP contribution in [0.2, 0.25) is 0 Å². The van der Waals surface area contributed by atoms with E-state index in [4.69, 9.17) is 11.0 Å². The highest BCUT2D eigenvalue weighted by atomic mass is 79.9. The van der Waals surface area contributed by atoms with E-state index >= 15 is 0 Å². The SMILES string of the molecule is N#C/C=C/c1c(N)cccc1Br. The van der Waals surface area contributed by atoms with Crippen LogP contribution >= 0.6 is 15.9 Å². The average Bonchev–Trinajstić information content (AvgIpc) is 2.04. The maximum atomic E-state index is 8.32. The van der Waals surface area contributed by atoms with Crippen LogP contribution in [0.5, 0.6) is 0 Å². The molecule has 0 aliphatic heterocycles. The van der Waals surface area contributed by atoms with Crippen LogP contribution in [0, 0.1) is 11.3 Å². The van der Waals surface area contributed by atoms with Gasteiger partial charge >= 0.3 is 0 Å². The molecule has 0 fully saturated rings. The van der Waals surface area contributed by atoms with Gasteiger partial charge in [0.05, 0.1) is 6.07 Å². The maximum Gasteiger partial charge on any atom is 0.0912 e. The van der Waals surface area contributed by atoms with Crippen LogP contribution in [-0.4, -0.2) is 0 Å². The van der Waals surface area contributed by atoms with Gasteiger partial charge in [0.15, 0.2) is 0 Å². The molecule has 1 aromatic carbocycles. The Balaban J connectivity index is 3.15. The molecule has 2 nitrogen and oxygen atoms in total. The Kier molecular flexibility index (Phi) is 2.89. The Bertz CT molecular complexity index is 330. The summed E-state index contributed by atoms with van der Waals surface area (Å²) in [6.07, 6.45) is 3.08. The summed E-state index contributed by atoms with van der Waals surface area (Å²) in [5.41, 5.74) is 7.18. The smallest absolute Gasteiger partial charge is 0.0912 e. The van der Waals surface area contributed by atoms with Gasteiger partial charge in [-0.3, -0.25) is 0 Å². The van der Waals surface area contributed by atoms with Crippen molar-refractivity contribution in [3.63, 3.8) is 0 Å². The monoisotopic (exact) mass is 222 g/mol. The second kappa shape index (κ2) is 3.93. The third kappa shape index (κ3) is 1.86. The number of nitriles is 1. The Morgan fingerprint density at radius 2 is 2.25 bits per heavy atom. The Morgan fingerprint density at radius 3 is 2.83 bits per heavy atom. The lowest BCUT2D eigenvalue weighted by Gasteiger charge is -2.00. The zero-order valence-corrected chi connectivity index (χ0v) is 7.88. The molecule has 0 aromatic heterocycles. The molecule has 60 valence electrons. The normalized spacial score (nSPS) is 10.0. The first-order valence-electron chi connectivity index (χ1n) is 3.36. The number of hydrogen-bond acceptors (Lipinski definition) is 2. The molecule has 2 N–H and O–H groups in total. The number of halogens is 1. The van der Waals surface area contributed by atoms with Gasteiger partial charge in [-0.15, -0.1) is 0 Å². The summed E-state index contributed by atoms with van der Waals surface area (Å²) in [5.74, 6) is 0. The number of nitrogens with two attached hydrogens (primary N) is 1. The molecule has 0 bridgehead atoms. The van der Waals surface area contributed by atoms with Crippen LogP contribution < -0.4 is 5.73 Å². The second-order valence-electron chi connectivity index (χ2n) is 2.21. The number of nitrogens with zero attached hydrogens (tertiary/aromatic N) is 1. The predicted octanol–water partition coefficient (Wildman–Crippen LogP) is 2.57. The summed E-state index contributed by atoms with van der Waals surface area (Å²) in [6.45, 7) is 0. The maximum absolute atomic E-state index is 8.32. The fourth-order valence-electron chi connectivity index (χ4n) is 0.850. The van der Waals surface area contributed by atoms with Crippen molar-refractivity contribution >= 4 is 27.7 Å². The molecule has 0 atom stereocenters. The molecular weight excluding hydrogens is 216 g/mol. The van der Waals surface area contributed by atoms with Crippen molar-refractivity contribution in [2.45, 2.75) is 0 Å².